The van der Waals surface area contributed by atoms with Crippen molar-refractivity contribution in [2.75, 3.05) is 38.5 Å². The number of anilines is 1. The van der Waals surface area contributed by atoms with Crippen LogP contribution in [0.15, 0.2) is 52.8 Å². The van der Waals surface area contributed by atoms with E-state index in [1.807, 2.05) is 52.7 Å². The summed E-state index contributed by atoms with van der Waals surface area (Å²) < 4.78 is 0. The molecule has 2 N–H and O–H groups in total. The molecule has 1 aliphatic heterocycles. The number of thiophene rings is 1. The van der Waals surface area contributed by atoms with Gasteiger partial charge in [0.15, 0.2) is 11.6 Å². The molecule has 1 aliphatic carbocycles. The molecule has 4 rings (SSSR count). The standard InChI is InChI=1S/C23H30N4O2S/c1-24-22(25-20-12-7-17-30-20)27-15-13-26(14-16-27)21(28)23(29,19-10-5-6-11-19)18-8-3-2-4-9-18/h2-4,7-9,12,17,19,29H,5-6,10-11,13-16H2,1H3,(H,24,25)/t23-/m0/s1. The van der Waals surface area contributed by atoms with Crippen LogP contribution >= 0.6 is 11.3 Å². The van der Waals surface area contributed by atoms with Gasteiger partial charge in [0.25, 0.3) is 5.91 Å². The van der Waals surface area contributed by atoms with E-state index in [2.05, 4.69) is 15.2 Å². The molecule has 0 spiro atoms. The fourth-order valence-corrected chi connectivity index (χ4v) is 5.28. The summed E-state index contributed by atoms with van der Waals surface area (Å²) in [6, 6.07) is 13.5. The number of hydrogen-bond acceptors (Lipinski definition) is 4. The molecule has 2 fully saturated rings. The van der Waals surface area contributed by atoms with Crippen molar-refractivity contribution in [3.05, 3.63) is 53.4 Å². The lowest BCUT2D eigenvalue weighted by Crippen LogP contribution is -2.58. The highest BCUT2D eigenvalue weighted by Gasteiger charge is 2.48. The number of carbonyl (C=O) groups is 1. The summed E-state index contributed by atoms with van der Waals surface area (Å²) in [5.41, 5.74) is -0.712. The summed E-state index contributed by atoms with van der Waals surface area (Å²) in [5, 5.41) is 18.2. The van der Waals surface area contributed by atoms with E-state index < -0.39 is 5.60 Å². The Morgan fingerprint density at radius 1 is 1.07 bits per heavy atom. The lowest BCUT2D eigenvalue weighted by Gasteiger charge is -2.42. The Labute approximate surface area is 182 Å². The van der Waals surface area contributed by atoms with Crippen LogP contribution in [0.4, 0.5) is 5.00 Å². The Morgan fingerprint density at radius 2 is 1.73 bits per heavy atom. The minimum Gasteiger partial charge on any atom is -0.375 e. The van der Waals surface area contributed by atoms with Crippen molar-refractivity contribution >= 4 is 28.2 Å². The number of benzene rings is 1. The lowest BCUT2D eigenvalue weighted by atomic mass is 9.79. The summed E-state index contributed by atoms with van der Waals surface area (Å²) in [4.78, 5) is 22.0. The SMILES string of the molecule is CN=C(Nc1cccs1)N1CCN(C(=O)[C@](O)(c2ccccc2)C2CCCC2)CC1. The quantitative estimate of drug-likeness (QED) is 0.581. The van der Waals surface area contributed by atoms with Gasteiger partial charge >= 0.3 is 0 Å². The van der Waals surface area contributed by atoms with Gasteiger partial charge in [0.2, 0.25) is 0 Å². The summed E-state index contributed by atoms with van der Waals surface area (Å²) in [5.74, 6) is 0.652. The molecule has 1 saturated heterocycles. The molecule has 30 heavy (non-hydrogen) atoms. The molecule has 0 unspecified atom stereocenters. The largest absolute Gasteiger partial charge is 0.375 e. The zero-order valence-corrected chi connectivity index (χ0v) is 18.3. The van der Waals surface area contributed by atoms with Crippen LogP contribution in [0.5, 0.6) is 0 Å². The van der Waals surface area contributed by atoms with Crippen LogP contribution in [0, 0.1) is 5.92 Å². The van der Waals surface area contributed by atoms with Crippen LogP contribution in [0.2, 0.25) is 0 Å². The van der Waals surface area contributed by atoms with Crippen LogP contribution in [-0.2, 0) is 10.4 Å². The Bertz CT molecular complexity index is 857. The van der Waals surface area contributed by atoms with Crippen molar-refractivity contribution in [3.63, 3.8) is 0 Å². The van der Waals surface area contributed by atoms with Crippen molar-refractivity contribution in [1.82, 2.24) is 9.80 Å². The smallest absolute Gasteiger partial charge is 0.259 e. The summed E-state index contributed by atoms with van der Waals surface area (Å²) in [6.45, 7) is 2.52. The normalized spacial score (nSPS) is 20.3. The molecule has 160 valence electrons. The number of aliphatic imine (C=N–C) groups is 1. The third-order valence-corrected chi connectivity index (χ3v) is 7.11. The molecule has 1 atom stereocenters. The van der Waals surface area contributed by atoms with Crippen molar-refractivity contribution in [2.24, 2.45) is 10.9 Å². The molecule has 0 bridgehead atoms. The van der Waals surface area contributed by atoms with Crippen LogP contribution in [-0.4, -0.2) is 60.0 Å². The van der Waals surface area contributed by atoms with Gasteiger partial charge in [-0.3, -0.25) is 9.79 Å². The van der Waals surface area contributed by atoms with Crippen LogP contribution < -0.4 is 5.32 Å². The van der Waals surface area contributed by atoms with Gasteiger partial charge in [-0.1, -0.05) is 43.2 Å². The van der Waals surface area contributed by atoms with E-state index in [4.69, 9.17) is 0 Å². The highest BCUT2D eigenvalue weighted by molar-refractivity contribution is 7.14. The van der Waals surface area contributed by atoms with Gasteiger partial charge in [-0.05, 0) is 35.9 Å². The fraction of sp³-hybridized carbons (Fsp3) is 0.478. The number of nitrogens with one attached hydrogen (secondary N) is 1. The van der Waals surface area contributed by atoms with E-state index in [-0.39, 0.29) is 11.8 Å². The zero-order valence-electron chi connectivity index (χ0n) is 17.5. The first-order valence-corrected chi connectivity index (χ1v) is 11.6. The van der Waals surface area contributed by atoms with E-state index in [9.17, 15) is 9.90 Å². The molecule has 6 nitrogen and oxygen atoms in total. The second-order valence-corrected chi connectivity index (χ2v) is 8.99. The van der Waals surface area contributed by atoms with E-state index in [0.29, 0.717) is 26.2 Å². The molecule has 7 heteroatoms. The molecular weight excluding hydrogens is 396 g/mol. The topological polar surface area (TPSA) is 68.2 Å². The van der Waals surface area contributed by atoms with Gasteiger partial charge in [0.1, 0.15) is 0 Å². The molecule has 0 radical (unpaired) electrons. The highest BCUT2D eigenvalue weighted by Crippen LogP contribution is 2.42. The van der Waals surface area contributed by atoms with Gasteiger partial charge in [0.05, 0.1) is 5.00 Å². The number of nitrogens with zero attached hydrogens (tertiary/aromatic N) is 3. The van der Waals surface area contributed by atoms with Crippen molar-refractivity contribution < 1.29 is 9.90 Å². The second-order valence-electron chi connectivity index (χ2n) is 8.04. The maximum Gasteiger partial charge on any atom is 0.259 e. The van der Waals surface area contributed by atoms with E-state index >= 15 is 0 Å². The maximum absolute atomic E-state index is 13.6. The number of rotatable bonds is 4. The van der Waals surface area contributed by atoms with E-state index in [0.717, 1.165) is 42.2 Å². The van der Waals surface area contributed by atoms with Crippen LogP contribution in [0.1, 0.15) is 31.2 Å². The molecule has 2 aliphatic rings. The molecular formula is C23H30N4O2S. The third-order valence-electron chi connectivity index (χ3n) is 6.32. The molecule has 2 aromatic rings. The molecule has 1 aromatic heterocycles. The number of hydrogen-bond donors (Lipinski definition) is 2. The Kier molecular flexibility index (Phi) is 6.39. The maximum atomic E-state index is 13.6. The molecule has 2 heterocycles. The van der Waals surface area contributed by atoms with Crippen molar-refractivity contribution in [1.29, 1.82) is 0 Å². The number of guanidine groups is 1. The number of aliphatic hydroxyl groups is 1. The number of piperazine rings is 1. The monoisotopic (exact) mass is 426 g/mol. The molecule has 1 amide bonds. The zero-order chi connectivity index (χ0) is 21.0. The first-order valence-electron chi connectivity index (χ1n) is 10.7. The van der Waals surface area contributed by atoms with E-state index in [1.165, 1.54) is 0 Å². The van der Waals surface area contributed by atoms with Crippen molar-refractivity contribution in [3.8, 4) is 0 Å². The van der Waals surface area contributed by atoms with Crippen LogP contribution in [0.3, 0.4) is 0 Å². The first kappa shape index (κ1) is 20.9. The summed E-state index contributed by atoms with van der Waals surface area (Å²) in [6.07, 6.45) is 3.94. The lowest BCUT2D eigenvalue weighted by molar-refractivity contribution is -0.160. The summed E-state index contributed by atoms with van der Waals surface area (Å²) >= 11 is 1.63. The average Bonchev–Trinajstić information content (AvgIpc) is 3.52. The van der Waals surface area contributed by atoms with Gasteiger partial charge in [-0.15, -0.1) is 11.3 Å². The van der Waals surface area contributed by atoms with Gasteiger partial charge < -0.3 is 20.2 Å². The van der Waals surface area contributed by atoms with E-state index in [1.54, 1.807) is 18.4 Å². The summed E-state index contributed by atoms with van der Waals surface area (Å²) in [7, 11) is 1.78. The third kappa shape index (κ3) is 4.09. The number of carbonyl (C=O) groups excluding carboxylic acids is 1. The van der Waals surface area contributed by atoms with Gasteiger partial charge in [-0.2, -0.15) is 0 Å². The fourth-order valence-electron chi connectivity index (χ4n) is 4.67. The average molecular weight is 427 g/mol. The minimum atomic E-state index is -1.43. The molecule has 1 saturated carbocycles. The highest BCUT2D eigenvalue weighted by atomic mass is 32.1. The predicted molar refractivity (Wildman–Crippen MR) is 122 cm³/mol. The first-order chi connectivity index (χ1) is 14.6. The predicted octanol–water partition coefficient (Wildman–Crippen LogP) is 3.37. The Morgan fingerprint density at radius 3 is 2.33 bits per heavy atom. The van der Waals surface area contributed by atoms with Crippen LogP contribution in [0.25, 0.3) is 0 Å². The van der Waals surface area contributed by atoms with Crippen molar-refractivity contribution in [2.45, 2.75) is 31.3 Å². The minimum absolute atomic E-state index is 0.0151. The Hall–Kier alpha value is -2.38. The Balaban J connectivity index is 1.47. The molecule has 1 aromatic carbocycles. The van der Waals surface area contributed by atoms with Gasteiger partial charge in [0, 0.05) is 39.1 Å². The second kappa shape index (κ2) is 9.18. The number of amides is 1. The van der Waals surface area contributed by atoms with Gasteiger partial charge in [-0.25, -0.2) is 0 Å².